The minimum absolute atomic E-state index is 0.0245. The van der Waals surface area contributed by atoms with Crippen LogP contribution in [-0.2, 0) is 22.6 Å². The van der Waals surface area contributed by atoms with Crippen LogP contribution in [0, 0.1) is 5.41 Å². The second kappa shape index (κ2) is 13.1. The van der Waals surface area contributed by atoms with Crippen molar-refractivity contribution in [2.24, 2.45) is 5.41 Å². The molecule has 0 aliphatic carbocycles. The molecule has 0 aromatic heterocycles. The molecular weight excluding hydrogens is 540 g/mol. The molecule has 0 radical (unpaired) electrons. The molecule has 1 fully saturated rings. The summed E-state index contributed by atoms with van der Waals surface area (Å²) in [7, 11) is 1.65. The zero-order valence-corrected chi connectivity index (χ0v) is 23.9. The lowest BCUT2D eigenvalue weighted by molar-refractivity contribution is -0.133. The minimum Gasteiger partial charge on any atom is -0.497 e. The van der Waals surface area contributed by atoms with E-state index in [1.54, 1.807) is 7.11 Å². The van der Waals surface area contributed by atoms with Gasteiger partial charge >= 0.3 is 0 Å². The van der Waals surface area contributed by atoms with Crippen LogP contribution in [0.5, 0.6) is 5.75 Å². The molecule has 38 heavy (non-hydrogen) atoms. The van der Waals surface area contributed by atoms with Crippen LogP contribution in [0.4, 0.5) is 0 Å². The lowest BCUT2D eigenvalue weighted by Crippen LogP contribution is -2.45. The van der Waals surface area contributed by atoms with Gasteiger partial charge in [-0.25, -0.2) is 0 Å². The van der Waals surface area contributed by atoms with Gasteiger partial charge in [-0.15, -0.1) is 0 Å². The number of amides is 2. The first-order valence-electron chi connectivity index (χ1n) is 13.5. The summed E-state index contributed by atoms with van der Waals surface area (Å²) in [6.45, 7) is 3.14. The highest BCUT2D eigenvalue weighted by molar-refractivity contribution is 9.10. The maximum absolute atomic E-state index is 14.2. The molecule has 6 heteroatoms. The first-order chi connectivity index (χ1) is 18.5. The second-order valence-corrected chi connectivity index (χ2v) is 10.9. The van der Waals surface area contributed by atoms with Crippen molar-refractivity contribution in [3.05, 3.63) is 100 Å². The van der Waals surface area contributed by atoms with Crippen molar-refractivity contribution in [3.8, 4) is 5.75 Å². The van der Waals surface area contributed by atoms with Crippen LogP contribution in [0.1, 0.15) is 61.8 Å². The summed E-state index contributed by atoms with van der Waals surface area (Å²) in [4.78, 5) is 29.8. The van der Waals surface area contributed by atoms with E-state index in [4.69, 9.17) is 4.74 Å². The second-order valence-electron chi connectivity index (χ2n) is 10.1. The Morgan fingerprint density at radius 2 is 1.71 bits per heavy atom. The molecule has 0 spiro atoms. The summed E-state index contributed by atoms with van der Waals surface area (Å²) in [6.07, 6.45) is 4.56. The van der Waals surface area contributed by atoms with E-state index in [1.165, 1.54) is 0 Å². The summed E-state index contributed by atoms with van der Waals surface area (Å²) >= 11 is 3.74. The van der Waals surface area contributed by atoms with Gasteiger partial charge in [0.15, 0.2) is 0 Å². The molecule has 0 saturated carbocycles. The molecule has 2 unspecified atom stereocenters. The summed E-state index contributed by atoms with van der Waals surface area (Å²) in [5, 5.41) is 3.23. The Kier molecular flexibility index (Phi) is 9.62. The van der Waals surface area contributed by atoms with E-state index in [1.807, 2.05) is 83.8 Å². The van der Waals surface area contributed by atoms with Crippen LogP contribution < -0.4 is 10.1 Å². The maximum Gasteiger partial charge on any atom is 0.229 e. The zero-order valence-electron chi connectivity index (χ0n) is 22.3. The predicted octanol–water partition coefficient (Wildman–Crippen LogP) is 6.86. The number of halogens is 1. The van der Waals surface area contributed by atoms with Gasteiger partial charge in [0.2, 0.25) is 11.8 Å². The van der Waals surface area contributed by atoms with E-state index < -0.39 is 5.41 Å². The van der Waals surface area contributed by atoms with E-state index in [0.717, 1.165) is 46.2 Å². The van der Waals surface area contributed by atoms with Crippen LogP contribution in [0.15, 0.2) is 83.3 Å². The standard InChI is InChI=1S/C32H37BrN2O3/c1-3-4-10-20-32(31(37)34-21-19-24-15-17-26(38-2)18-16-24)22-29(36)35(23-25-11-6-5-7-12-25)30(32)27-13-8-9-14-28(27)33/h5-9,11-18,30H,3-4,10,19-23H2,1-2H3,(H,34,37). The van der Waals surface area contributed by atoms with Gasteiger partial charge in [0, 0.05) is 24.0 Å². The number of rotatable bonds is 12. The Balaban J connectivity index is 1.65. The van der Waals surface area contributed by atoms with Crippen LogP contribution in [0.2, 0.25) is 0 Å². The van der Waals surface area contributed by atoms with Gasteiger partial charge in [-0.05, 0) is 47.7 Å². The quantitative estimate of drug-likeness (QED) is 0.240. The third-order valence-corrected chi connectivity index (χ3v) is 8.28. The number of nitrogens with zero attached hydrogens (tertiary/aromatic N) is 1. The van der Waals surface area contributed by atoms with Crippen LogP contribution in [0.3, 0.4) is 0 Å². The number of benzene rings is 3. The maximum atomic E-state index is 14.2. The van der Waals surface area contributed by atoms with Gasteiger partial charge in [0.25, 0.3) is 0 Å². The number of hydrogen-bond acceptors (Lipinski definition) is 3. The normalized spacial score (nSPS) is 19.0. The van der Waals surface area contributed by atoms with Gasteiger partial charge in [0.1, 0.15) is 5.75 Å². The molecule has 5 nitrogen and oxygen atoms in total. The molecule has 0 bridgehead atoms. The molecule has 2 amide bonds. The number of carbonyl (C=O) groups excluding carboxylic acids is 2. The Morgan fingerprint density at radius 3 is 2.39 bits per heavy atom. The first kappa shape index (κ1) is 27.9. The van der Waals surface area contributed by atoms with Crippen molar-refractivity contribution in [3.63, 3.8) is 0 Å². The van der Waals surface area contributed by atoms with Gasteiger partial charge in [-0.3, -0.25) is 9.59 Å². The summed E-state index contributed by atoms with van der Waals surface area (Å²) in [5.41, 5.74) is 2.32. The average Bonchev–Trinajstić information content (AvgIpc) is 3.21. The SMILES string of the molecule is CCCCCC1(C(=O)NCCc2ccc(OC)cc2)CC(=O)N(Cc2ccccc2)C1c1ccccc1Br. The lowest BCUT2D eigenvalue weighted by Gasteiger charge is -2.38. The number of methoxy groups -OCH3 is 1. The topological polar surface area (TPSA) is 58.6 Å². The van der Waals surface area contributed by atoms with E-state index in [2.05, 4.69) is 28.2 Å². The Bertz CT molecular complexity index is 1210. The monoisotopic (exact) mass is 576 g/mol. The van der Waals surface area contributed by atoms with Crippen molar-refractivity contribution in [1.29, 1.82) is 0 Å². The number of carbonyl (C=O) groups is 2. The summed E-state index contributed by atoms with van der Waals surface area (Å²) in [5.74, 6) is 0.801. The lowest BCUT2D eigenvalue weighted by atomic mass is 9.72. The number of unbranched alkanes of at least 4 members (excludes halogenated alkanes) is 2. The fourth-order valence-corrected chi connectivity index (χ4v) is 6.06. The Morgan fingerprint density at radius 1 is 1.00 bits per heavy atom. The van der Waals surface area contributed by atoms with Gasteiger partial charge < -0.3 is 15.0 Å². The first-order valence-corrected chi connectivity index (χ1v) is 14.3. The van der Waals surface area contributed by atoms with Crippen molar-refractivity contribution >= 4 is 27.7 Å². The van der Waals surface area contributed by atoms with Crippen LogP contribution in [0.25, 0.3) is 0 Å². The summed E-state index contributed by atoms with van der Waals surface area (Å²) in [6, 6.07) is 25.6. The molecule has 1 aliphatic rings. The number of ether oxygens (including phenoxy) is 1. The van der Waals surface area contributed by atoms with Crippen LogP contribution in [-0.4, -0.2) is 30.4 Å². The third kappa shape index (κ3) is 6.29. The molecule has 200 valence electrons. The fourth-order valence-electron chi connectivity index (χ4n) is 5.55. The highest BCUT2D eigenvalue weighted by Gasteiger charge is 2.56. The van der Waals surface area contributed by atoms with Crippen LogP contribution >= 0.6 is 15.9 Å². The highest BCUT2D eigenvalue weighted by atomic mass is 79.9. The third-order valence-electron chi connectivity index (χ3n) is 7.55. The molecule has 1 aliphatic heterocycles. The Hall–Kier alpha value is -3.12. The van der Waals surface area contributed by atoms with Crippen molar-refractivity contribution in [2.75, 3.05) is 13.7 Å². The van der Waals surface area contributed by atoms with E-state index in [0.29, 0.717) is 25.9 Å². The smallest absolute Gasteiger partial charge is 0.229 e. The zero-order chi connectivity index (χ0) is 27.0. The minimum atomic E-state index is -0.842. The van der Waals surface area contributed by atoms with E-state index in [9.17, 15) is 9.59 Å². The van der Waals surface area contributed by atoms with Crippen molar-refractivity contribution < 1.29 is 14.3 Å². The van der Waals surface area contributed by atoms with E-state index >= 15 is 0 Å². The molecule has 1 N–H and O–H groups in total. The molecule has 3 aromatic carbocycles. The van der Waals surface area contributed by atoms with Gasteiger partial charge in [-0.1, -0.05) is 103 Å². The number of hydrogen-bond donors (Lipinski definition) is 1. The predicted molar refractivity (Wildman–Crippen MR) is 155 cm³/mol. The molecule has 1 heterocycles. The molecule has 1 saturated heterocycles. The molecular formula is C32H37BrN2O3. The largest absolute Gasteiger partial charge is 0.497 e. The number of likely N-dealkylation sites (tertiary alicyclic amines) is 1. The van der Waals surface area contributed by atoms with E-state index in [-0.39, 0.29) is 24.3 Å². The molecule has 2 atom stereocenters. The Labute approximate surface area is 234 Å². The molecule has 4 rings (SSSR count). The van der Waals surface area contributed by atoms with Crippen molar-refractivity contribution in [2.45, 2.75) is 58.0 Å². The number of nitrogens with one attached hydrogen (secondary N) is 1. The summed E-state index contributed by atoms with van der Waals surface area (Å²) < 4.78 is 6.18. The fraction of sp³-hybridized carbons (Fsp3) is 0.375. The van der Waals surface area contributed by atoms with Gasteiger partial charge in [-0.2, -0.15) is 0 Å². The average molecular weight is 578 g/mol. The molecule has 3 aromatic rings. The highest BCUT2D eigenvalue weighted by Crippen LogP contribution is 2.53. The van der Waals surface area contributed by atoms with Gasteiger partial charge in [0.05, 0.1) is 18.6 Å². The van der Waals surface area contributed by atoms with Crippen molar-refractivity contribution in [1.82, 2.24) is 10.2 Å².